The number of hydrogen-bond donors (Lipinski definition) is 2. The van der Waals surface area contributed by atoms with Crippen molar-refractivity contribution < 1.29 is 0 Å². The zero-order valence-corrected chi connectivity index (χ0v) is 6.54. The van der Waals surface area contributed by atoms with Crippen molar-refractivity contribution >= 4 is 10.9 Å². The quantitative estimate of drug-likeness (QED) is 0.587. The fourth-order valence-corrected chi connectivity index (χ4v) is 0.995. The lowest BCUT2D eigenvalue weighted by atomic mass is 10.3. The van der Waals surface area contributed by atoms with Crippen LogP contribution in [0.1, 0.15) is 0 Å². The Kier molecular flexibility index (Phi) is 2.69. The fourth-order valence-electron chi connectivity index (χ4n) is 0.995. The van der Waals surface area contributed by atoms with E-state index in [0.717, 1.165) is 0 Å². The molecule has 0 saturated carbocycles. The first kappa shape index (κ1) is 7.82. The first-order valence-electron chi connectivity index (χ1n) is 3.57. The van der Waals surface area contributed by atoms with Crippen molar-refractivity contribution in [1.82, 2.24) is 4.98 Å². The Labute approximate surface area is 66.0 Å². The lowest BCUT2D eigenvalue weighted by Crippen LogP contribution is -1.69. The van der Waals surface area contributed by atoms with E-state index in [4.69, 9.17) is 0 Å². The summed E-state index contributed by atoms with van der Waals surface area (Å²) in [6, 6.07) is 10.3. The van der Waals surface area contributed by atoms with Crippen LogP contribution in [0.4, 0.5) is 0 Å². The van der Waals surface area contributed by atoms with Crippen molar-refractivity contribution in [2.24, 2.45) is 5.73 Å². The predicted molar refractivity (Wildman–Crippen MR) is 48.4 cm³/mol. The van der Waals surface area contributed by atoms with Gasteiger partial charge in [0.2, 0.25) is 0 Å². The van der Waals surface area contributed by atoms with Crippen LogP contribution < -0.4 is 5.73 Å². The number of hydrogen-bond acceptors (Lipinski definition) is 1. The lowest BCUT2D eigenvalue weighted by Gasteiger charge is -1.83. The Morgan fingerprint density at radius 2 is 1.82 bits per heavy atom. The number of fused-ring (bicyclic) bond motifs is 1. The molecule has 0 atom stereocenters. The second-order valence-corrected chi connectivity index (χ2v) is 2.06. The molecule has 2 heteroatoms. The fraction of sp³-hybridized carbons (Fsp3) is 0.111. The maximum atomic E-state index is 4.50. The van der Waals surface area contributed by atoms with Gasteiger partial charge < -0.3 is 10.7 Å². The number of H-pyrrole nitrogens is 1. The van der Waals surface area contributed by atoms with Crippen molar-refractivity contribution in [1.29, 1.82) is 0 Å². The zero-order chi connectivity index (χ0) is 8.10. The van der Waals surface area contributed by atoms with Gasteiger partial charge in [0.15, 0.2) is 0 Å². The molecule has 0 aliphatic carbocycles. The number of aromatic amines is 1. The molecule has 0 aliphatic heterocycles. The number of benzene rings is 1. The Bertz CT molecular complexity index is 282. The van der Waals surface area contributed by atoms with Gasteiger partial charge in [-0.05, 0) is 24.6 Å². The molecule has 0 fully saturated rings. The van der Waals surface area contributed by atoms with E-state index < -0.39 is 0 Å². The van der Waals surface area contributed by atoms with Crippen molar-refractivity contribution in [2.45, 2.75) is 0 Å². The maximum absolute atomic E-state index is 4.50. The highest BCUT2D eigenvalue weighted by Crippen LogP contribution is 2.09. The number of aromatic nitrogens is 1. The van der Waals surface area contributed by atoms with E-state index in [1.165, 1.54) is 18.0 Å². The van der Waals surface area contributed by atoms with E-state index in [-0.39, 0.29) is 0 Å². The summed E-state index contributed by atoms with van der Waals surface area (Å²) in [6.07, 6.45) is 1.95. The summed E-state index contributed by atoms with van der Waals surface area (Å²) in [4.78, 5) is 3.12. The highest BCUT2D eigenvalue weighted by atomic mass is 14.6. The number of para-hydroxylation sites is 1. The third-order valence-corrected chi connectivity index (χ3v) is 1.46. The van der Waals surface area contributed by atoms with Crippen LogP contribution in [0.25, 0.3) is 10.9 Å². The second-order valence-electron chi connectivity index (χ2n) is 2.06. The summed E-state index contributed by atoms with van der Waals surface area (Å²) >= 11 is 0. The average Bonchev–Trinajstić information content (AvgIpc) is 2.55. The Morgan fingerprint density at radius 3 is 2.55 bits per heavy atom. The van der Waals surface area contributed by atoms with Crippen molar-refractivity contribution in [2.75, 3.05) is 7.05 Å². The molecule has 1 aromatic heterocycles. The number of nitrogens with two attached hydrogens (primary N) is 1. The topological polar surface area (TPSA) is 41.8 Å². The summed E-state index contributed by atoms with van der Waals surface area (Å²) < 4.78 is 0. The molecule has 2 nitrogen and oxygen atoms in total. The molecule has 11 heavy (non-hydrogen) atoms. The van der Waals surface area contributed by atoms with Gasteiger partial charge in [0.25, 0.3) is 0 Å². The molecule has 0 spiro atoms. The van der Waals surface area contributed by atoms with Crippen molar-refractivity contribution in [3.8, 4) is 0 Å². The first-order chi connectivity index (χ1) is 5.47. The van der Waals surface area contributed by atoms with Gasteiger partial charge >= 0.3 is 0 Å². The summed E-state index contributed by atoms with van der Waals surface area (Å²) in [5, 5.41) is 1.28. The molecule has 2 aromatic rings. The van der Waals surface area contributed by atoms with E-state index in [1.54, 1.807) is 0 Å². The van der Waals surface area contributed by atoms with E-state index in [0.29, 0.717) is 0 Å². The Balaban J connectivity index is 0.000000281. The Hall–Kier alpha value is -1.28. The van der Waals surface area contributed by atoms with Crippen LogP contribution in [0.2, 0.25) is 0 Å². The zero-order valence-electron chi connectivity index (χ0n) is 6.54. The molecule has 58 valence electrons. The standard InChI is InChI=1S/C8H7N.CH5N/c1-2-4-8-7(3-1)5-6-9-8;1-2/h1-6,9H;2H2,1H3. The SMILES string of the molecule is CN.c1ccc2[nH]ccc2c1. The van der Waals surface area contributed by atoms with Gasteiger partial charge in [-0.1, -0.05) is 18.2 Å². The molecule has 1 heterocycles. The lowest BCUT2D eigenvalue weighted by molar-refractivity contribution is 1.48. The largest absolute Gasteiger partial charge is 0.361 e. The smallest absolute Gasteiger partial charge is 0.0453 e. The van der Waals surface area contributed by atoms with Gasteiger partial charge in [0, 0.05) is 11.7 Å². The van der Waals surface area contributed by atoms with E-state index >= 15 is 0 Å². The number of nitrogens with one attached hydrogen (secondary N) is 1. The number of rotatable bonds is 0. The van der Waals surface area contributed by atoms with Crippen LogP contribution in [0.15, 0.2) is 36.5 Å². The molecule has 0 amide bonds. The van der Waals surface area contributed by atoms with Crippen LogP contribution in [-0.2, 0) is 0 Å². The van der Waals surface area contributed by atoms with Gasteiger partial charge in [-0.3, -0.25) is 0 Å². The van der Waals surface area contributed by atoms with Gasteiger partial charge in [-0.15, -0.1) is 0 Å². The molecular weight excluding hydrogens is 136 g/mol. The molecule has 2 rings (SSSR count). The molecular formula is C9H12N2. The molecule has 3 N–H and O–H groups in total. The highest BCUT2D eigenvalue weighted by Gasteiger charge is 1.86. The first-order valence-corrected chi connectivity index (χ1v) is 3.57. The van der Waals surface area contributed by atoms with Gasteiger partial charge in [0.1, 0.15) is 0 Å². The summed E-state index contributed by atoms with van der Waals surface area (Å²) in [6.45, 7) is 0. The van der Waals surface area contributed by atoms with Gasteiger partial charge in [-0.25, -0.2) is 0 Å². The monoisotopic (exact) mass is 148 g/mol. The maximum Gasteiger partial charge on any atom is 0.0453 e. The van der Waals surface area contributed by atoms with E-state index in [9.17, 15) is 0 Å². The third-order valence-electron chi connectivity index (χ3n) is 1.46. The van der Waals surface area contributed by atoms with E-state index in [2.05, 4.69) is 28.9 Å². The minimum absolute atomic E-state index is 1.21. The summed E-state index contributed by atoms with van der Waals surface area (Å²) in [5.41, 5.74) is 5.71. The minimum Gasteiger partial charge on any atom is -0.361 e. The molecule has 1 aromatic carbocycles. The normalized spacial score (nSPS) is 8.91. The average molecular weight is 148 g/mol. The highest BCUT2D eigenvalue weighted by molar-refractivity contribution is 5.78. The molecule has 0 bridgehead atoms. The molecule has 0 saturated heterocycles. The third kappa shape index (κ3) is 1.59. The van der Waals surface area contributed by atoms with Gasteiger partial charge in [0.05, 0.1) is 0 Å². The van der Waals surface area contributed by atoms with Crippen LogP contribution in [-0.4, -0.2) is 12.0 Å². The summed E-state index contributed by atoms with van der Waals surface area (Å²) in [7, 11) is 1.50. The van der Waals surface area contributed by atoms with Crippen molar-refractivity contribution in [3.05, 3.63) is 36.5 Å². The predicted octanol–water partition coefficient (Wildman–Crippen LogP) is 1.74. The molecule has 0 radical (unpaired) electrons. The van der Waals surface area contributed by atoms with Crippen molar-refractivity contribution in [3.63, 3.8) is 0 Å². The van der Waals surface area contributed by atoms with Crippen LogP contribution in [0.3, 0.4) is 0 Å². The van der Waals surface area contributed by atoms with Crippen LogP contribution >= 0.6 is 0 Å². The van der Waals surface area contributed by atoms with Crippen LogP contribution in [0, 0.1) is 0 Å². The summed E-state index contributed by atoms with van der Waals surface area (Å²) in [5.74, 6) is 0. The van der Waals surface area contributed by atoms with E-state index in [1.807, 2.05) is 18.3 Å². The molecule has 0 aliphatic rings. The van der Waals surface area contributed by atoms with Crippen LogP contribution in [0.5, 0.6) is 0 Å². The van der Waals surface area contributed by atoms with Gasteiger partial charge in [-0.2, -0.15) is 0 Å². The Morgan fingerprint density at radius 1 is 1.09 bits per heavy atom. The molecule has 0 unspecified atom stereocenters. The minimum atomic E-state index is 1.21. The second kappa shape index (κ2) is 3.78.